The Morgan fingerprint density at radius 1 is 1.25 bits per heavy atom. The van der Waals surface area contributed by atoms with E-state index in [9.17, 15) is 0 Å². The highest BCUT2D eigenvalue weighted by Gasteiger charge is 2.22. The van der Waals surface area contributed by atoms with Gasteiger partial charge in [-0.2, -0.15) is 0 Å². The van der Waals surface area contributed by atoms with Crippen LogP contribution in [0.1, 0.15) is 37.6 Å². The van der Waals surface area contributed by atoms with Gasteiger partial charge in [0.25, 0.3) is 0 Å². The fourth-order valence-electron chi connectivity index (χ4n) is 2.32. The van der Waals surface area contributed by atoms with Gasteiger partial charge < -0.3 is 11.1 Å². The zero-order valence-corrected chi connectivity index (χ0v) is 10.2. The van der Waals surface area contributed by atoms with E-state index >= 15 is 0 Å². The first-order chi connectivity index (χ1) is 7.56. The standard InChI is InChI=1S/C12H20N4/c1-7-4-5-10(6-7)16-12-8(2)11(13)14-9(3)15-12/h7,10H,4-6H2,1-3H3,(H3,13,14,15,16). The Morgan fingerprint density at radius 2 is 2.00 bits per heavy atom. The highest BCUT2D eigenvalue weighted by molar-refractivity contribution is 5.55. The molecule has 1 fully saturated rings. The summed E-state index contributed by atoms with van der Waals surface area (Å²) in [4.78, 5) is 8.57. The van der Waals surface area contributed by atoms with Gasteiger partial charge in [-0.15, -0.1) is 0 Å². The molecule has 0 aliphatic heterocycles. The van der Waals surface area contributed by atoms with Crippen molar-refractivity contribution < 1.29 is 0 Å². The Labute approximate surface area is 96.7 Å². The van der Waals surface area contributed by atoms with Crippen LogP contribution in [0.3, 0.4) is 0 Å². The number of nitrogen functional groups attached to an aromatic ring is 1. The van der Waals surface area contributed by atoms with Crippen molar-refractivity contribution in [1.82, 2.24) is 9.97 Å². The minimum absolute atomic E-state index is 0.544. The average Bonchev–Trinajstić information content (AvgIpc) is 2.60. The first-order valence-corrected chi connectivity index (χ1v) is 5.93. The summed E-state index contributed by atoms with van der Waals surface area (Å²) in [6, 6.07) is 0.544. The van der Waals surface area contributed by atoms with E-state index in [0.29, 0.717) is 11.9 Å². The second-order valence-corrected chi connectivity index (χ2v) is 4.89. The van der Waals surface area contributed by atoms with Crippen LogP contribution in [-0.4, -0.2) is 16.0 Å². The van der Waals surface area contributed by atoms with Gasteiger partial charge in [-0.25, -0.2) is 9.97 Å². The maximum Gasteiger partial charge on any atom is 0.134 e. The van der Waals surface area contributed by atoms with Crippen LogP contribution >= 0.6 is 0 Å². The molecule has 1 aromatic rings. The Bertz CT molecular complexity index is 389. The van der Waals surface area contributed by atoms with Gasteiger partial charge in [-0.1, -0.05) is 6.92 Å². The van der Waals surface area contributed by atoms with E-state index in [4.69, 9.17) is 5.73 Å². The van der Waals surface area contributed by atoms with Gasteiger partial charge in [-0.3, -0.25) is 0 Å². The Morgan fingerprint density at radius 3 is 2.62 bits per heavy atom. The van der Waals surface area contributed by atoms with Crippen molar-refractivity contribution in [3.63, 3.8) is 0 Å². The van der Waals surface area contributed by atoms with E-state index in [1.807, 2.05) is 13.8 Å². The van der Waals surface area contributed by atoms with Crippen molar-refractivity contribution in [1.29, 1.82) is 0 Å². The van der Waals surface area contributed by atoms with Crippen LogP contribution < -0.4 is 11.1 Å². The number of hydrogen-bond acceptors (Lipinski definition) is 4. The first-order valence-electron chi connectivity index (χ1n) is 5.93. The molecular weight excluding hydrogens is 200 g/mol. The largest absolute Gasteiger partial charge is 0.383 e. The molecule has 4 nitrogen and oxygen atoms in total. The van der Waals surface area contributed by atoms with Crippen LogP contribution in [0.5, 0.6) is 0 Å². The Hall–Kier alpha value is -1.32. The summed E-state index contributed by atoms with van der Waals surface area (Å²) in [5, 5.41) is 3.49. The van der Waals surface area contributed by atoms with Crippen LogP contribution in [0.4, 0.5) is 11.6 Å². The zero-order valence-electron chi connectivity index (χ0n) is 10.2. The molecular formula is C12H20N4. The fourth-order valence-corrected chi connectivity index (χ4v) is 2.32. The lowest BCUT2D eigenvalue weighted by molar-refractivity contribution is 0.602. The number of nitrogens with one attached hydrogen (secondary N) is 1. The van der Waals surface area contributed by atoms with Gasteiger partial charge in [-0.05, 0) is 39.0 Å². The molecule has 2 atom stereocenters. The summed E-state index contributed by atoms with van der Waals surface area (Å²) < 4.78 is 0. The van der Waals surface area contributed by atoms with Gasteiger partial charge in [0.15, 0.2) is 0 Å². The number of anilines is 2. The molecule has 16 heavy (non-hydrogen) atoms. The van der Waals surface area contributed by atoms with Crippen molar-refractivity contribution in [2.45, 2.75) is 46.1 Å². The Balaban J connectivity index is 2.15. The van der Waals surface area contributed by atoms with Crippen LogP contribution in [0.2, 0.25) is 0 Å². The molecule has 0 amide bonds. The van der Waals surface area contributed by atoms with Gasteiger partial charge in [0, 0.05) is 11.6 Å². The molecule has 2 rings (SSSR count). The second kappa shape index (κ2) is 4.28. The van der Waals surface area contributed by atoms with Crippen molar-refractivity contribution in [3.05, 3.63) is 11.4 Å². The second-order valence-electron chi connectivity index (χ2n) is 4.89. The van der Waals surface area contributed by atoms with Crippen LogP contribution in [0.25, 0.3) is 0 Å². The van der Waals surface area contributed by atoms with Crippen molar-refractivity contribution in [2.75, 3.05) is 11.1 Å². The molecule has 1 saturated carbocycles. The number of rotatable bonds is 2. The summed E-state index contributed by atoms with van der Waals surface area (Å²) in [5.41, 5.74) is 6.80. The number of nitrogens with zero attached hydrogens (tertiary/aromatic N) is 2. The first kappa shape index (κ1) is 11.2. The molecule has 0 saturated heterocycles. The molecule has 3 N–H and O–H groups in total. The highest BCUT2D eigenvalue weighted by Crippen LogP contribution is 2.28. The Kier molecular flexibility index (Phi) is 2.99. The quantitative estimate of drug-likeness (QED) is 0.802. The number of hydrogen-bond donors (Lipinski definition) is 2. The van der Waals surface area contributed by atoms with Gasteiger partial charge >= 0.3 is 0 Å². The van der Waals surface area contributed by atoms with Gasteiger partial charge in [0.2, 0.25) is 0 Å². The molecule has 2 unspecified atom stereocenters. The van der Waals surface area contributed by atoms with E-state index in [1.54, 1.807) is 0 Å². The van der Waals surface area contributed by atoms with Crippen LogP contribution in [-0.2, 0) is 0 Å². The van der Waals surface area contributed by atoms with Crippen LogP contribution in [0.15, 0.2) is 0 Å². The molecule has 1 aliphatic carbocycles. The number of nitrogens with two attached hydrogens (primary N) is 1. The van der Waals surface area contributed by atoms with E-state index in [-0.39, 0.29) is 0 Å². The topological polar surface area (TPSA) is 63.8 Å². The molecule has 0 spiro atoms. The number of aromatic nitrogens is 2. The molecule has 1 aliphatic rings. The highest BCUT2D eigenvalue weighted by atomic mass is 15.1. The molecule has 0 aromatic carbocycles. The third-order valence-electron chi connectivity index (χ3n) is 3.33. The normalized spacial score (nSPS) is 24.7. The average molecular weight is 220 g/mol. The smallest absolute Gasteiger partial charge is 0.134 e. The zero-order chi connectivity index (χ0) is 11.7. The van der Waals surface area contributed by atoms with E-state index in [1.165, 1.54) is 19.3 Å². The summed E-state index contributed by atoms with van der Waals surface area (Å²) >= 11 is 0. The number of aryl methyl sites for hydroxylation is 1. The maximum atomic E-state index is 5.83. The van der Waals surface area contributed by atoms with Crippen LogP contribution in [0, 0.1) is 19.8 Å². The van der Waals surface area contributed by atoms with E-state index in [2.05, 4.69) is 22.2 Å². The summed E-state index contributed by atoms with van der Waals surface area (Å²) in [6.07, 6.45) is 3.75. The fraction of sp³-hybridized carbons (Fsp3) is 0.667. The molecule has 1 aromatic heterocycles. The van der Waals surface area contributed by atoms with E-state index in [0.717, 1.165) is 23.1 Å². The molecule has 4 heteroatoms. The molecule has 0 radical (unpaired) electrons. The maximum absolute atomic E-state index is 5.83. The lowest BCUT2D eigenvalue weighted by Gasteiger charge is -2.16. The van der Waals surface area contributed by atoms with E-state index < -0.39 is 0 Å². The minimum atomic E-state index is 0.544. The molecule has 88 valence electrons. The summed E-state index contributed by atoms with van der Waals surface area (Å²) in [5.74, 6) is 3.04. The molecule has 0 bridgehead atoms. The monoisotopic (exact) mass is 220 g/mol. The van der Waals surface area contributed by atoms with Gasteiger partial charge in [0.1, 0.15) is 17.5 Å². The predicted octanol–water partition coefficient (Wildman–Crippen LogP) is 2.28. The van der Waals surface area contributed by atoms with Crippen molar-refractivity contribution in [2.24, 2.45) is 5.92 Å². The third-order valence-corrected chi connectivity index (χ3v) is 3.33. The molecule has 1 heterocycles. The van der Waals surface area contributed by atoms with Crippen molar-refractivity contribution in [3.8, 4) is 0 Å². The van der Waals surface area contributed by atoms with Gasteiger partial charge in [0.05, 0.1) is 0 Å². The summed E-state index contributed by atoms with van der Waals surface area (Å²) in [6.45, 7) is 6.14. The third kappa shape index (κ3) is 2.26. The summed E-state index contributed by atoms with van der Waals surface area (Å²) in [7, 11) is 0. The minimum Gasteiger partial charge on any atom is -0.383 e. The lowest BCUT2D eigenvalue weighted by Crippen LogP contribution is -2.18. The van der Waals surface area contributed by atoms with Crippen molar-refractivity contribution >= 4 is 11.6 Å². The predicted molar refractivity (Wildman–Crippen MR) is 66.3 cm³/mol. The lowest BCUT2D eigenvalue weighted by atomic mass is 10.1. The SMILES string of the molecule is Cc1nc(N)c(C)c(NC2CCC(C)C2)n1.